The lowest BCUT2D eigenvalue weighted by molar-refractivity contribution is -0.161. The minimum Gasteiger partial charge on any atom is -0.481 e. The molecule has 0 fully saturated rings. The van der Waals surface area contributed by atoms with Gasteiger partial charge in [0.05, 0.1) is 32.1 Å². The molecule has 0 radical (unpaired) electrons. The summed E-state index contributed by atoms with van der Waals surface area (Å²) in [7, 11) is -12.4. The Bertz CT molecular complexity index is 930. The number of carbonyl (C=O) groups excluding carboxylic acids is 3. The van der Waals surface area contributed by atoms with Crippen molar-refractivity contribution in [1.29, 1.82) is 5.41 Å². The lowest BCUT2D eigenvalue weighted by Gasteiger charge is -2.24. The first-order chi connectivity index (χ1) is 13.4. The van der Waals surface area contributed by atoms with E-state index in [0.717, 1.165) is 0 Å². The molecule has 0 aromatic heterocycles. The van der Waals surface area contributed by atoms with Gasteiger partial charge in [-0.2, -0.15) is 16.8 Å². The zero-order valence-corrected chi connectivity index (χ0v) is 16.3. The number of rotatable bonds is 11. The fourth-order valence-electron chi connectivity index (χ4n) is 1.68. The summed E-state index contributed by atoms with van der Waals surface area (Å²) >= 11 is 0. The molecule has 0 spiro atoms. The Morgan fingerprint density at radius 3 is 1.43 bits per heavy atom. The first-order valence-corrected chi connectivity index (χ1v) is 10.2. The molecular weight excluding hydrogens is 462 g/mol. The van der Waals surface area contributed by atoms with Gasteiger partial charge in [0.2, 0.25) is 0 Å². The molecule has 170 valence electrons. The Labute approximate surface area is 167 Å². The van der Waals surface area contributed by atoms with Crippen LogP contribution in [0.15, 0.2) is 0 Å². The van der Waals surface area contributed by atoms with Gasteiger partial charge in [-0.15, -0.1) is 0 Å². The number of aliphatic carboxylic acids is 2. The monoisotopic (exact) mass is 477 g/mol. The van der Waals surface area contributed by atoms with E-state index in [2.05, 4.69) is 9.47 Å². The van der Waals surface area contributed by atoms with E-state index in [9.17, 15) is 49.9 Å². The van der Waals surface area contributed by atoms with Crippen LogP contribution in [0, 0.1) is 5.41 Å². The number of hydrogen-bond acceptors (Lipinski definition) is 12. The molecule has 0 saturated carbocycles. The molecule has 0 aromatic carbocycles. The van der Waals surface area contributed by atoms with Crippen LogP contribution in [0.3, 0.4) is 0 Å². The summed E-state index contributed by atoms with van der Waals surface area (Å²) in [6.07, 6.45) is -5.69. The van der Waals surface area contributed by atoms with Gasteiger partial charge in [-0.3, -0.25) is 33.7 Å². The molecule has 0 aliphatic heterocycles. The summed E-state index contributed by atoms with van der Waals surface area (Å²) in [4.78, 5) is 55.6. The normalized spacial score (nSPS) is 11.9. The summed E-state index contributed by atoms with van der Waals surface area (Å²) in [5.74, 6) is -10.5. The predicted octanol–water partition coefficient (Wildman–Crippen LogP) is -1.83. The van der Waals surface area contributed by atoms with E-state index in [-0.39, 0.29) is 0 Å². The predicted molar refractivity (Wildman–Crippen MR) is 89.1 cm³/mol. The topological polar surface area (TPSA) is 277 Å². The van der Waals surface area contributed by atoms with Crippen LogP contribution >= 0.6 is 0 Å². The van der Waals surface area contributed by atoms with E-state index in [4.69, 9.17) is 15.6 Å². The second-order valence-electron chi connectivity index (χ2n) is 5.33. The first kappa shape index (κ1) is 27.0. The number of nitrogens with one attached hydrogen (secondary N) is 1. The molecule has 0 saturated heterocycles. The lowest BCUT2D eigenvalue weighted by Crippen LogP contribution is -2.55. The van der Waals surface area contributed by atoms with Crippen molar-refractivity contribution in [3.8, 4) is 0 Å². The van der Waals surface area contributed by atoms with E-state index in [0.29, 0.717) is 0 Å². The maximum atomic E-state index is 12.1. The Kier molecular flexibility index (Phi) is 9.18. The van der Waals surface area contributed by atoms with Crippen LogP contribution in [0.1, 0.15) is 32.1 Å². The Morgan fingerprint density at radius 2 is 1.10 bits per heavy atom. The van der Waals surface area contributed by atoms with Crippen molar-refractivity contribution in [1.82, 2.24) is 0 Å². The summed E-state index contributed by atoms with van der Waals surface area (Å²) < 4.78 is 68.5. The highest BCUT2D eigenvalue weighted by Crippen LogP contribution is 2.30. The number of carboxylic acid groups (broad SMARTS) is 2. The number of hydrogen-bond donors (Lipinski definition) is 5. The van der Waals surface area contributed by atoms with E-state index < -0.39 is 92.2 Å². The van der Waals surface area contributed by atoms with Crippen LogP contribution in [0.25, 0.3) is 0 Å². The van der Waals surface area contributed by atoms with E-state index in [1.165, 1.54) is 0 Å². The molecule has 0 rings (SSSR count). The van der Waals surface area contributed by atoms with Crippen LogP contribution in [0.5, 0.6) is 0 Å². The van der Waals surface area contributed by atoms with Gasteiger partial charge in [-0.25, -0.2) is 4.79 Å². The Balaban J connectivity index is 5.88. The first-order valence-electron chi connectivity index (χ1n) is 7.35. The fourth-order valence-corrected chi connectivity index (χ4v) is 3.88. The van der Waals surface area contributed by atoms with E-state index in [1.54, 1.807) is 0 Å². The Morgan fingerprint density at radius 1 is 0.733 bits per heavy atom. The molecular formula is C12H15NO15S2. The molecule has 0 aromatic rings. The molecule has 0 bridgehead atoms. The van der Waals surface area contributed by atoms with Gasteiger partial charge in [-0.05, 0) is 0 Å². The second-order valence-corrected chi connectivity index (χ2v) is 8.88. The van der Waals surface area contributed by atoms with Gasteiger partial charge >= 0.3 is 33.9 Å². The summed E-state index contributed by atoms with van der Waals surface area (Å²) in [6, 6.07) is 0. The number of carbonyl (C=O) groups is 5. The molecule has 0 aliphatic rings. The van der Waals surface area contributed by atoms with E-state index >= 15 is 0 Å². The van der Waals surface area contributed by atoms with Gasteiger partial charge in [0.1, 0.15) is 0 Å². The van der Waals surface area contributed by atoms with Crippen LogP contribution < -0.4 is 0 Å². The molecule has 0 aliphatic carbocycles. The lowest BCUT2D eigenvalue weighted by atomic mass is 10.2. The van der Waals surface area contributed by atoms with Gasteiger partial charge in [0.25, 0.3) is 20.2 Å². The molecule has 16 nitrogen and oxygen atoms in total. The molecule has 30 heavy (non-hydrogen) atoms. The summed E-state index contributed by atoms with van der Waals surface area (Å²) in [6.45, 7) is 0. The van der Waals surface area contributed by atoms with Crippen LogP contribution in [0.2, 0.25) is 0 Å². The quantitative estimate of drug-likeness (QED) is 0.0719. The third-order valence-electron chi connectivity index (χ3n) is 3.07. The smallest absolute Gasteiger partial charge is 0.356 e. The molecule has 18 heteroatoms. The van der Waals surface area contributed by atoms with Crippen molar-refractivity contribution >= 4 is 56.0 Å². The number of esters is 3. The van der Waals surface area contributed by atoms with Gasteiger partial charge in [-0.1, -0.05) is 0 Å². The average Bonchev–Trinajstić information content (AvgIpc) is 2.53. The largest absolute Gasteiger partial charge is 0.481 e. The van der Waals surface area contributed by atoms with Crippen molar-refractivity contribution < 1.29 is 69.6 Å². The minimum atomic E-state index is -6.22. The van der Waals surface area contributed by atoms with Crippen LogP contribution in [-0.2, 0) is 53.7 Å². The zero-order chi connectivity index (χ0) is 23.9. The highest BCUT2D eigenvalue weighted by molar-refractivity contribution is 8.06. The number of carboxylic acids is 2. The Hall–Kier alpha value is -2.96. The molecule has 0 heterocycles. The molecule has 0 unspecified atom stereocenters. The van der Waals surface area contributed by atoms with Crippen LogP contribution in [-0.4, -0.2) is 76.0 Å². The zero-order valence-electron chi connectivity index (χ0n) is 14.6. The highest BCUT2D eigenvalue weighted by Gasteiger charge is 2.64. The van der Waals surface area contributed by atoms with Crippen LogP contribution in [0.4, 0.5) is 0 Å². The van der Waals surface area contributed by atoms with Gasteiger partial charge in [0.15, 0.2) is 5.90 Å². The highest BCUT2D eigenvalue weighted by atomic mass is 32.3. The maximum Gasteiger partial charge on any atom is 0.356 e. The van der Waals surface area contributed by atoms with Gasteiger partial charge < -0.3 is 19.7 Å². The summed E-state index contributed by atoms with van der Waals surface area (Å²) in [5, 5.41) is 24.2. The fraction of sp³-hybridized carbons (Fsp3) is 0.500. The summed E-state index contributed by atoms with van der Waals surface area (Å²) in [5.41, 5.74) is 0. The SMILES string of the molecule is N=C(CC(C(=O)OC(=O)CCC(=O)O)(S(=O)(=O)O)S(=O)(=O)O)OC(=O)CCC(=O)O. The van der Waals surface area contributed by atoms with Crippen molar-refractivity contribution in [2.45, 2.75) is 36.2 Å². The molecule has 0 amide bonds. The van der Waals surface area contributed by atoms with Gasteiger partial charge in [0, 0.05) is 0 Å². The minimum absolute atomic E-state index is 0.798. The third kappa shape index (κ3) is 7.46. The maximum absolute atomic E-state index is 12.1. The average molecular weight is 477 g/mol. The van der Waals surface area contributed by atoms with E-state index in [1.807, 2.05) is 0 Å². The standard InChI is InChI=1S/C12H15NO15S2/c13-6(27-9(18)3-1-7(14)15)5-12(29(21,22)23,30(24,25)26)11(20)28-10(19)4-2-8(16)17/h13H,1-5H2,(H,14,15)(H,16,17)(H,21,22,23)(H,24,25,26). The van der Waals surface area contributed by atoms with Crippen molar-refractivity contribution in [2.24, 2.45) is 0 Å². The second kappa shape index (κ2) is 10.2. The van der Waals surface area contributed by atoms with Crippen molar-refractivity contribution in [2.75, 3.05) is 0 Å². The number of ether oxygens (including phenoxy) is 2. The molecule has 0 atom stereocenters. The van der Waals surface area contributed by atoms with Crippen molar-refractivity contribution in [3.05, 3.63) is 0 Å². The third-order valence-corrected chi connectivity index (χ3v) is 6.62. The molecule has 5 N–H and O–H groups in total. The van der Waals surface area contributed by atoms with Crippen molar-refractivity contribution in [3.63, 3.8) is 0 Å².